The average Bonchev–Trinajstić information content (AvgIpc) is 3.13. The number of hydrogen-bond acceptors (Lipinski definition) is 6. The van der Waals surface area contributed by atoms with Crippen molar-refractivity contribution in [3.05, 3.63) is 64.1 Å². The predicted molar refractivity (Wildman–Crippen MR) is 104 cm³/mol. The lowest BCUT2D eigenvalue weighted by Gasteiger charge is -2.32. The number of hydrogen-bond donors (Lipinski definition) is 1. The highest BCUT2D eigenvalue weighted by Gasteiger charge is 2.39. The summed E-state index contributed by atoms with van der Waals surface area (Å²) in [5.41, 5.74) is 3.47. The van der Waals surface area contributed by atoms with Crippen LogP contribution in [0.1, 0.15) is 58.5 Å². The molecule has 2 aliphatic rings. The van der Waals surface area contributed by atoms with Crippen LogP contribution in [0.4, 0.5) is 0 Å². The second-order valence-corrected chi connectivity index (χ2v) is 8.25. The van der Waals surface area contributed by atoms with E-state index in [-0.39, 0.29) is 11.8 Å². The monoisotopic (exact) mass is 453 g/mol. The Morgan fingerprint density at radius 2 is 2.21 bits per heavy atom. The first kappa shape index (κ1) is 16.9. The third kappa shape index (κ3) is 2.70. The van der Waals surface area contributed by atoms with E-state index in [1.807, 2.05) is 24.4 Å². The van der Waals surface area contributed by atoms with Gasteiger partial charge in [-0.1, -0.05) is 0 Å². The second-order valence-electron chi connectivity index (χ2n) is 7.39. The normalized spacial score (nSPS) is 18.9. The van der Waals surface area contributed by atoms with E-state index in [0.29, 0.717) is 24.8 Å². The molecule has 0 bridgehead atoms. The van der Waals surface area contributed by atoms with Crippen molar-refractivity contribution in [2.45, 2.75) is 31.2 Å². The second kappa shape index (κ2) is 6.24. The van der Waals surface area contributed by atoms with E-state index in [0.717, 1.165) is 39.9 Å². The smallest absolute Gasteiger partial charge is 0.312 e. The topological polar surface area (TPSA) is 105 Å². The van der Waals surface area contributed by atoms with Crippen LogP contribution in [0.2, 0.25) is 0 Å². The van der Waals surface area contributed by atoms with Gasteiger partial charge in [-0.3, -0.25) is 4.79 Å². The molecule has 1 aliphatic heterocycles. The molecule has 0 aromatic carbocycles. The van der Waals surface area contributed by atoms with Crippen LogP contribution >= 0.6 is 15.9 Å². The quantitative estimate of drug-likeness (QED) is 0.511. The fourth-order valence-electron chi connectivity index (χ4n) is 3.87. The van der Waals surface area contributed by atoms with Crippen molar-refractivity contribution < 1.29 is 9.21 Å². The molecule has 1 N–H and O–H groups in total. The molecule has 1 amide bonds. The first-order valence-corrected chi connectivity index (χ1v) is 10.3. The number of imidazole rings is 1. The minimum atomic E-state index is -0.430. The largest absolute Gasteiger partial charge is 0.417 e. The van der Waals surface area contributed by atoms with Crippen LogP contribution in [-0.4, -0.2) is 47.1 Å². The maximum atomic E-state index is 13.3. The summed E-state index contributed by atoms with van der Waals surface area (Å²) in [7, 11) is 0. The van der Waals surface area contributed by atoms with E-state index >= 15 is 0 Å². The SMILES string of the molecule is O=C(c1nnc(C2CC2)o1)N1CCc2[nH]cnc2[C@H]1c1cc2c(Br)cccn2n1. The zero-order chi connectivity index (χ0) is 19.5. The van der Waals surface area contributed by atoms with Crippen LogP contribution in [0.25, 0.3) is 5.52 Å². The molecule has 0 unspecified atom stereocenters. The number of carbonyl (C=O) groups excluding carboxylic acids is 1. The number of rotatable bonds is 3. The lowest BCUT2D eigenvalue weighted by atomic mass is 9.99. The van der Waals surface area contributed by atoms with Crippen LogP contribution < -0.4 is 0 Å². The van der Waals surface area contributed by atoms with Gasteiger partial charge in [0.2, 0.25) is 5.89 Å². The molecule has 4 aromatic rings. The summed E-state index contributed by atoms with van der Waals surface area (Å²) >= 11 is 3.56. The van der Waals surface area contributed by atoms with E-state index in [1.54, 1.807) is 15.7 Å². The lowest BCUT2D eigenvalue weighted by Crippen LogP contribution is -2.41. The molecular weight excluding hydrogens is 438 g/mol. The molecule has 0 radical (unpaired) electrons. The highest BCUT2D eigenvalue weighted by Crippen LogP contribution is 2.40. The molecule has 1 aliphatic carbocycles. The minimum absolute atomic E-state index is 0.0285. The first-order chi connectivity index (χ1) is 14.2. The van der Waals surface area contributed by atoms with Crippen LogP contribution in [0.5, 0.6) is 0 Å². The fourth-order valence-corrected chi connectivity index (χ4v) is 4.32. The van der Waals surface area contributed by atoms with Gasteiger partial charge in [-0.15, -0.1) is 10.2 Å². The van der Waals surface area contributed by atoms with Crippen molar-refractivity contribution in [1.29, 1.82) is 0 Å². The Balaban J connectivity index is 1.44. The van der Waals surface area contributed by atoms with Gasteiger partial charge in [-0.2, -0.15) is 5.10 Å². The zero-order valence-electron chi connectivity index (χ0n) is 15.2. The van der Waals surface area contributed by atoms with Gasteiger partial charge in [0.25, 0.3) is 0 Å². The van der Waals surface area contributed by atoms with Crippen molar-refractivity contribution in [2.24, 2.45) is 0 Å². The van der Waals surface area contributed by atoms with Crippen molar-refractivity contribution in [3.8, 4) is 0 Å². The van der Waals surface area contributed by atoms with Crippen LogP contribution in [0.15, 0.2) is 39.6 Å². The molecule has 6 rings (SSSR count). The van der Waals surface area contributed by atoms with Crippen molar-refractivity contribution >= 4 is 27.4 Å². The molecule has 29 heavy (non-hydrogen) atoms. The van der Waals surface area contributed by atoms with E-state index in [2.05, 4.69) is 36.1 Å². The van der Waals surface area contributed by atoms with Gasteiger partial charge in [0.15, 0.2) is 0 Å². The molecule has 0 spiro atoms. The molecule has 5 heterocycles. The molecular formula is C19H16BrN7O2. The average molecular weight is 454 g/mol. The van der Waals surface area contributed by atoms with Gasteiger partial charge in [0.1, 0.15) is 6.04 Å². The molecule has 1 saturated carbocycles. The minimum Gasteiger partial charge on any atom is -0.417 e. The highest BCUT2D eigenvalue weighted by molar-refractivity contribution is 9.10. The Morgan fingerprint density at radius 3 is 3.03 bits per heavy atom. The molecule has 4 aromatic heterocycles. The van der Waals surface area contributed by atoms with E-state index in [4.69, 9.17) is 9.52 Å². The van der Waals surface area contributed by atoms with Crippen molar-refractivity contribution in [2.75, 3.05) is 6.54 Å². The number of amides is 1. The fraction of sp³-hybridized carbons (Fsp3) is 0.316. The van der Waals surface area contributed by atoms with Gasteiger partial charge < -0.3 is 14.3 Å². The number of nitrogens with zero attached hydrogens (tertiary/aromatic N) is 6. The molecule has 9 nitrogen and oxygen atoms in total. The zero-order valence-corrected chi connectivity index (χ0v) is 16.8. The molecule has 1 fully saturated rings. The number of H-pyrrole nitrogens is 1. The lowest BCUT2D eigenvalue weighted by molar-refractivity contribution is 0.0644. The predicted octanol–water partition coefficient (Wildman–Crippen LogP) is 2.87. The maximum absolute atomic E-state index is 13.3. The number of pyridine rings is 1. The molecule has 146 valence electrons. The van der Waals surface area contributed by atoms with Gasteiger partial charge >= 0.3 is 11.8 Å². The van der Waals surface area contributed by atoms with Crippen molar-refractivity contribution in [3.63, 3.8) is 0 Å². The maximum Gasteiger partial charge on any atom is 0.312 e. The molecule has 1 atom stereocenters. The van der Waals surface area contributed by atoms with Gasteiger partial charge in [-0.25, -0.2) is 9.50 Å². The summed E-state index contributed by atoms with van der Waals surface area (Å²) in [6, 6.07) is 5.42. The Kier molecular flexibility index (Phi) is 3.64. The first-order valence-electron chi connectivity index (χ1n) is 9.49. The number of carbonyl (C=O) groups is 1. The third-order valence-electron chi connectivity index (χ3n) is 5.49. The van der Waals surface area contributed by atoms with Crippen LogP contribution in [-0.2, 0) is 6.42 Å². The van der Waals surface area contributed by atoms with Gasteiger partial charge in [-0.05, 0) is 47.0 Å². The van der Waals surface area contributed by atoms with Crippen LogP contribution in [0.3, 0.4) is 0 Å². The highest BCUT2D eigenvalue weighted by atomic mass is 79.9. The summed E-state index contributed by atoms with van der Waals surface area (Å²) in [6.45, 7) is 0.509. The number of nitrogens with one attached hydrogen (secondary N) is 1. The number of halogens is 1. The molecule has 0 saturated heterocycles. The third-order valence-corrected chi connectivity index (χ3v) is 6.16. The summed E-state index contributed by atoms with van der Waals surface area (Å²) in [5, 5.41) is 12.8. The van der Waals surface area contributed by atoms with Gasteiger partial charge in [0.05, 0.1) is 23.2 Å². The van der Waals surface area contributed by atoms with Crippen molar-refractivity contribution in [1.82, 2.24) is 34.7 Å². The standard InChI is InChI=1S/C19H16BrN7O2/c20-11-2-1-6-27-14(11)8-13(25-27)16-15-12(21-9-22-15)5-7-26(16)19(28)18-24-23-17(29-18)10-3-4-10/h1-2,6,8-10,16H,3-5,7H2,(H,21,22)/t16-/m1/s1. The van der Waals surface area contributed by atoms with E-state index < -0.39 is 6.04 Å². The summed E-state index contributed by atoms with van der Waals surface area (Å²) in [5.74, 6) is 0.592. The Hall–Kier alpha value is -3.01. The summed E-state index contributed by atoms with van der Waals surface area (Å²) < 4.78 is 8.40. The number of fused-ring (bicyclic) bond motifs is 2. The Labute approximate surface area is 173 Å². The summed E-state index contributed by atoms with van der Waals surface area (Å²) in [4.78, 5) is 22.7. The Bertz CT molecular complexity index is 1240. The summed E-state index contributed by atoms with van der Waals surface area (Å²) in [6.07, 6.45) is 6.29. The van der Waals surface area contributed by atoms with E-state index in [9.17, 15) is 4.79 Å². The number of aromatic nitrogens is 6. The number of aromatic amines is 1. The van der Waals surface area contributed by atoms with E-state index in [1.165, 1.54) is 0 Å². The van der Waals surface area contributed by atoms with Gasteiger partial charge in [0, 0.05) is 35.2 Å². The Morgan fingerprint density at radius 1 is 1.31 bits per heavy atom. The molecule has 10 heteroatoms. The van der Waals surface area contributed by atoms with Crippen LogP contribution in [0, 0.1) is 0 Å².